The van der Waals surface area contributed by atoms with Crippen LogP contribution in [0.3, 0.4) is 0 Å². The topological polar surface area (TPSA) is 73.2 Å². The minimum atomic E-state index is -0.851. The molecule has 4 nitrogen and oxygen atoms in total. The minimum Gasteiger partial charge on any atom is -0.481 e. The SMILES string of the molecule is CC[C@H](C(=N)C1CCNCC1)C(=O)O. The molecule has 0 unspecified atom stereocenters. The first-order valence-electron chi connectivity index (χ1n) is 5.18. The molecule has 1 atom stereocenters. The van der Waals surface area contributed by atoms with E-state index >= 15 is 0 Å². The summed E-state index contributed by atoms with van der Waals surface area (Å²) in [5.41, 5.74) is 0.418. The summed E-state index contributed by atoms with van der Waals surface area (Å²) >= 11 is 0. The van der Waals surface area contributed by atoms with Gasteiger partial charge in [-0.2, -0.15) is 0 Å². The lowest BCUT2D eigenvalue weighted by Crippen LogP contribution is -2.36. The summed E-state index contributed by atoms with van der Waals surface area (Å²) in [5, 5.41) is 20.0. The Morgan fingerprint density at radius 1 is 1.57 bits per heavy atom. The smallest absolute Gasteiger partial charge is 0.312 e. The van der Waals surface area contributed by atoms with Crippen molar-refractivity contribution in [2.75, 3.05) is 13.1 Å². The van der Waals surface area contributed by atoms with E-state index in [2.05, 4.69) is 5.32 Å². The molecule has 80 valence electrons. The van der Waals surface area contributed by atoms with Gasteiger partial charge >= 0.3 is 5.97 Å². The molecule has 0 radical (unpaired) electrons. The van der Waals surface area contributed by atoms with Crippen LogP contribution in [0.1, 0.15) is 26.2 Å². The van der Waals surface area contributed by atoms with Crippen molar-refractivity contribution in [3.05, 3.63) is 0 Å². The van der Waals surface area contributed by atoms with Crippen LogP contribution >= 0.6 is 0 Å². The van der Waals surface area contributed by atoms with E-state index in [1.807, 2.05) is 6.92 Å². The lowest BCUT2D eigenvalue weighted by molar-refractivity contribution is -0.139. The molecule has 14 heavy (non-hydrogen) atoms. The lowest BCUT2D eigenvalue weighted by Gasteiger charge is -2.25. The van der Waals surface area contributed by atoms with Gasteiger partial charge in [0.15, 0.2) is 0 Å². The first kappa shape index (κ1) is 11.2. The molecule has 0 saturated carbocycles. The van der Waals surface area contributed by atoms with Crippen LogP contribution in [0, 0.1) is 17.2 Å². The number of aliphatic carboxylic acids is 1. The fourth-order valence-electron chi connectivity index (χ4n) is 1.95. The third kappa shape index (κ3) is 2.54. The molecule has 1 rings (SSSR count). The van der Waals surface area contributed by atoms with Crippen LogP contribution in [0.5, 0.6) is 0 Å². The summed E-state index contributed by atoms with van der Waals surface area (Å²) in [6.45, 7) is 3.64. The Bertz CT molecular complexity index is 222. The minimum absolute atomic E-state index is 0.178. The molecule has 0 aromatic carbocycles. The number of hydrogen-bond acceptors (Lipinski definition) is 3. The maximum atomic E-state index is 10.9. The average molecular weight is 198 g/mol. The van der Waals surface area contributed by atoms with Gasteiger partial charge in [-0.05, 0) is 38.3 Å². The van der Waals surface area contributed by atoms with E-state index in [1.165, 1.54) is 0 Å². The first-order valence-corrected chi connectivity index (χ1v) is 5.18. The number of nitrogens with one attached hydrogen (secondary N) is 2. The quantitative estimate of drug-likeness (QED) is 0.592. The van der Waals surface area contributed by atoms with Crippen LogP contribution in [0.15, 0.2) is 0 Å². The molecule has 0 aliphatic carbocycles. The molecule has 3 N–H and O–H groups in total. The second-order valence-electron chi connectivity index (χ2n) is 3.78. The Hall–Kier alpha value is -0.900. The summed E-state index contributed by atoms with van der Waals surface area (Å²) in [6.07, 6.45) is 2.34. The lowest BCUT2D eigenvalue weighted by atomic mass is 9.84. The predicted molar refractivity (Wildman–Crippen MR) is 54.7 cm³/mol. The monoisotopic (exact) mass is 198 g/mol. The molecular weight excluding hydrogens is 180 g/mol. The molecule has 0 aromatic heterocycles. The summed E-state index contributed by atoms with van der Waals surface area (Å²) in [4.78, 5) is 10.9. The van der Waals surface area contributed by atoms with E-state index in [-0.39, 0.29) is 5.92 Å². The molecule has 1 aliphatic heterocycles. The molecule has 0 amide bonds. The molecule has 0 spiro atoms. The fourth-order valence-corrected chi connectivity index (χ4v) is 1.95. The normalized spacial score (nSPS) is 20.4. The van der Waals surface area contributed by atoms with Crippen molar-refractivity contribution >= 4 is 11.7 Å². The molecule has 1 saturated heterocycles. The Labute approximate surface area is 84.2 Å². The second-order valence-corrected chi connectivity index (χ2v) is 3.78. The van der Waals surface area contributed by atoms with Crippen molar-refractivity contribution in [2.24, 2.45) is 11.8 Å². The van der Waals surface area contributed by atoms with Gasteiger partial charge in [0.25, 0.3) is 0 Å². The van der Waals surface area contributed by atoms with Crippen molar-refractivity contribution in [3.8, 4) is 0 Å². The van der Waals surface area contributed by atoms with E-state index in [4.69, 9.17) is 10.5 Å². The number of carboxylic acid groups (broad SMARTS) is 1. The standard InChI is InChI=1S/C10H18N2O2/c1-2-8(10(13)14)9(11)7-3-5-12-6-4-7/h7-8,11-12H,2-6H2,1H3,(H,13,14)/t8-/m1/s1. The highest BCUT2D eigenvalue weighted by atomic mass is 16.4. The van der Waals surface area contributed by atoms with Gasteiger partial charge in [0, 0.05) is 5.71 Å². The maximum absolute atomic E-state index is 10.9. The third-order valence-electron chi connectivity index (χ3n) is 2.86. The van der Waals surface area contributed by atoms with Gasteiger partial charge < -0.3 is 15.8 Å². The van der Waals surface area contributed by atoms with Gasteiger partial charge in [-0.25, -0.2) is 0 Å². The zero-order valence-electron chi connectivity index (χ0n) is 8.55. The molecule has 1 aliphatic rings. The third-order valence-corrected chi connectivity index (χ3v) is 2.86. The van der Waals surface area contributed by atoms with Crippen molar-refractivity contribution < 1.29 is 9.90 Å². The molecule has 1 fully saturated rings. The number of carbonyl (C=O) groups is 1. The van der Waals surface area contributed by atoms with Crippen LogP contribution in [-0.2, 0) is 4.79 Å². The summed E-state index contributed by atoms with van der Waals surface area (Å²) in [7, 11) is 0. The van der Waals surface area contributed by atoms with Crippen molar-refractivity contribution in [1.82, 2.24) is 5.32 Å². The van der Waals surface area contributed by atoms with Crippen LogP contribution in [0.25, 0.3) is 0 Å². The van der Waals surface area contributed by atoms with Gasteiger partial charge in [0.2, 0.25) is 0 Å². The number of hydrogen-bond donors (Lipinski definition) is 3. The Balaban J connectivity index is 2.56. The number of rotatable bonds is 4. The van der Waals surface area contributed by atoms with Crippen molar-refractivity contribution in [1.29, 1.82) is 5.41 Å². The number of piperidine rings is 1. The summed E-state index contributed by atoms with van der Waals surface area (Å²) in [5.74, 6) is -1.24. The molecular formula is C10H18N2O2. The Morgan fingerprint density at radius 3 is 2.57 bits per heavy atom. The van der Waals surface area contributed by atoms with Gasteiger partial charge in [0.05, 0.1) is 5.92 Å². The van der Waals surface area contributed by atoms with Crippen molar-refractivity contribution in [3.63, 3.8) is 0 Å². The maximum Gasteiger partial charge on any atom is 0.312 e. The van der Waals surface area contributed by atoms with Crippen LogP contribution in [-0.4, -0.2) is 29.9 Å². The predicted octanol–water partition coefficient (Wildman–Crippen LogP) is 1.12. The molecule has 4 heteroatoms. The van der Waals surface area contributed by atoms with Gasteiger partial charge in [-0.15, -0.1) is 0 Å². The van der Waals surface area contributed by atoms with E-state index < -0.39 is 11.9 Å². The zero-order chi connectivity index (χ0) is 10.6. The van der Waals surface area contributed by atoms with Gasteiger partial charge in [-0.1, -0.05) is 6.92 Å². The van der Waals surface area contributed by atoms with E-state index in [9.17, 15) is 4.79 Å². The van der Waals surface area contributed by atoms with Crippen LogP contribution in [0.4, 0.5) is 0 Å². The fraction of sp³-hybridized carbons (Fsp3) is 0.800. The molecule has 1 heterocycles. The molecule has 0 aromatic rings. The Kier molecular flexibility index (Phi) is 4.07. The number of carboxylic acids is 1. The molecule has 0 bridgehead atoms. The Morgan fingerprint density at radius 2 is 2.14 bits per heavy atom. The first-order chi connectivity index (χ1) is 6.66. The summed E-state index contributed by atoms with van der Waals surface area (Å²) in [6, 6.07) is 0. The van der Waals surface area contributed by atoms with E-state index in [0.717, 1.165) is 25.9 Å². The zero-order valence-corrected chi connectivity index (χ0v) is 8.55. The highest BCUT2D eigenvalue weighted by molar-refractivity contribution is 6.01. The second kappa shape index (κ2) is 5.10. The van der Waals surface area contributed by atoms with Gasteiger partial charge in [-0.3, -0.25) is 4.79 Å². The highest BCUT2D eigenvalue weighted by Crippen LogP contribution is 2.19. The summed E-state index contributed by atoms with van der Waals surface area (Å²) < 4.78 is 0. The van der Waals surface area contributed by atoms with E-state index in [0.29, 0.717) is 12.1 Å². The van der Waals surface area contributed by atoms with E-state index in [1.54, 1.807) is 0 Å². The largest absolute Gasteiger partial charge is 0.481 e. The average Bonchev–Trinajstić information content (AvgIpc) is 2.19. The van der Waals surface area contributed by atoms with Crippen LogP contribution < -0.4 is 5.32 Å². The van der Waals surface area contributed by atoms with Crippen LogP contribution in [0.2, 0.25) is 0 Å². The van der Waals surface area contributed by atoms with Gasteiger partial charge in [0.1, 0.15) is 0 Å². The highest BCUT2D eigenvalue weighted by Gasteiger charge is 2.27. The van der Waals surface area contributed by atoms with Crippen molar-refractivity contribution in [2.45, 2.75) is 26.2 Å².